The molecule has 21 rings (SSSR count). The molecule has 526 valence electrons. The molecule has 111 heavy (non-hydrogen) atoms. The van der Waals surface area contributed by atoms with Crippen LogP contribution in [0.2, 0.25) is 0 Å². The second kappa shape index (κ2) is 25.8. The van der Waals surface area contributed by atoms with Gasteiger partial charge in [-0.1, -0.05) is 333 Å². The molecule has 2 aliphatic heterocycles. The smallest absolute Gasteiger partial charge is 0.252 e. The van der Waals surface area contributed by atoms with Crippen LogP contribution in [0.25, 0.3) is 147 Å². The molecular formula is C106H78BN3S. The van der Waals surface area contributed by atoms with Gasteiger partial charge in [0.05, 0.1) is 28.1 Å². The fourth-order valence-corrected chi connectivity index (χ4v) is 19.5. The summed E-state index contributed by atoms with van der Waals surface area (Å²) in [4.78, 5) is 5.49. The number of hydrogen-bond donors (Lipinski definition) is 0. The van der Waals surface area contributed by atoms with Gasteiger partial charge in [-0.15, -0.1) is 11.3 Å². The van der Waals surface area contributed by atoms with Crippen LogP contribution in [0.15, 0.2) is 364 Å². The molecule has 0 N–H and O–H groups in total. The van der Waals surface area contributed by atoms with Crippen molar-refractivity contribution in [3.8, 4) is 83.6 Å². The van der Waals surface area contributed by atoms with Crippen LogP contribution in [0.3, 0.4) is 0 Å². The van der Waals surface area contributed by atoms with Gasteiger partial charge in [-0.25, -0.2) is 0 Å². The lowest BCUT2D eigenvalue weighted by molar-refractivity contribution is 0.590. The Hall–Kier alpha value is -13.1. The first-order chi connectivity index (χ1) is 54.4. The van der Waals surface area contributed by atoms with E-state index in [2.05, 4.69) is 420 Å². The van der Waals surface area contributed by atoms with Crippen molar-refractivity contribution in [2.24, 2.45) is 0 Å². The summed E-state index contributed by atoms with van der Waals surface area (Å²) in [5, 5.41) is 9.84. The number of aromatic nitrogens is 1. The van der Waals surface area contributed by atoms with Crippen molar-refractivity contribution >= 4 is 132 Å². The molecule has 19 aromatic rings. The van der Waals surface area contributed by atoms with E-state index in [-0.39, 0.29) is 17.5 Å². The Kier molecular flexibility index (Phi) is 15.4. The Bertz CT molecular complexity index is 6730. The summed E-state index contributed by atoms with van der Waals surface area (Å²) < 4.78 is 5.14. The highest BCUT2D eigenvalue weighted by Crippen LogP contribution is 2.57. The molecule has 2 aliphatic rings. The molecule has 4 heterocycles. The van der Waals surface area contributed by atoms with Crippen molar-refractivity contribution < 1.29 is 0 Å². The summed E-state index contributed by atoms with van der Waals surface area (Å²) in [7, 11) is 0. The number of para-hydroxylation sites is 2. The number of fused-ring (bicyclic) bond motifs is 12. The molecule has 0 aliphatic carbocycles. The first-order valence-electron chi connectivity index (χ1n) is 38.9. The molecule has 3 nitrogen and oxygen atoms in total. The maximum atomic E-state index is 2.75. The molecule has 0 saturated heterocycles. The van der Waals surface area contributed by atoms with E-state index >= 15 is 0 Å². The Balaban J connectivity index is 0.965. The number of thiophene rings is 1. The number of anilines is 6. The molecule has 0 atom stereocenters. The fourth-order valence-electron chi connectivity index (χ4n) is 18.4. The summed E-state index contributed by atoms with van der Waals surface area (Å²) in [6, 6.07) is 139. The van der Waals surface area contributed by atoms with Crippen molar-refractivity contribution in [2.75, 3.05) is 9.80 Å². The third kappa shape index (κ3) is 10.8. The molecule has 0 radical (unpaired) electrons. The quantitative estimate of drug-likeness (QED) is 0.0999. The number of nitrogens with zero attached hydrogens (tertiary/aromatic N) is 3. The van der Waals surface area contributed by atoms with Gasteiger partial charge in [0.15, 0.2) is 0 Å². The minimum atomic E-state index is -0.287. The van der Waals surface area contributed by atoms with Crippen LogP contribution < -0.4 is 26.2 Å². The first kappa shape index (κ1) is 66.2. The van der Waals surface area contributed by atoms with E-state index < -0.39 is 0 Å². The van der Waals surface area contributed by atoms with Crippen molar-refractivity contribution in [3.05, 3.63) is 375 Å². The zero-order chi connectivity index (χ0) is 74.4. The zero-order valence-electron chi connectivity index (χ0n) is 63.0. The van der Waals surface area contributed by atoms with Crippen molar-refractivity contribution in [3.63, 3.8) is 0 Å². The molecule has 0 unspecified atom stereocenters. The summed E-state index contributed by atoms with van der Waals surface area (Å²) in [5.74, 6) is 0. The lowest BCUT2D eigenvalue weighted by Crippen LogP contribution is -2.61. The van der Waals surface area contributed by atoms with Crippen LogP contribution >= 0.6 is 11.3 Å². The topological polar surface area (TPSA) is 11.4 Å². The summed E-state index contributed by atoms with van der Waals surface area (Å²) in [5.41, 5.74) is 32.1. The van der Waals surface area contributed by atoms with Gasteiger partial charge in [0.25, 0.3) is 6.71 Å². The molecule has 0 spiro atoms. The molecule has 0 bridgehead atoms. The van der Waals surface area contributed by atoms with E-state index in [0.29, 0.717) is 0 Å². The normalized spacial score (nSPS) is 12.7. The number of hydrogen-bond acceptors (Lipinski definition) is 3. The summed E-state index contributed by atoms with van der Waals surface area (Å²) in [6.45, 7) is 13.9. The molecule has 0 fully saturated rings. The fraction of sp³-hybridized carbons (Fsp3) is 0.0755. The predicted octanol–water partition coefficient (Wildman–Crippen LogP) is 27.8. The van der Waals surface area contributed by atoms with Gasteiger partial charge >= 0.3 is 0 Å². The minimum Gasteiger partial charge on any atom is -0.310 e. The SMILES string of the molecule is CC(C)(C)c1cc(-c2ccccc2)c(N2c3cc(-c4ccc5c(c4)sc4ccccc45)ccc3B3c4ccc(-c5c6ccccc6c(-c6ccccc6)c6ccccc56)cc4N(c4c(-c5ccccc5)cc(C(C)(C)C)cc4-c4ccccc4)c4cc(-n5c6ccccc6c6ccccc65)cc2c43)c(-c2ccccc2)c1. The van der Waals surface area contributed by atoms with Crippen molar-refractivity contribution in [1.29, 1.82) is 0 Å². The second-order valence-corrected chi connectivity index (χ2v) is 33.3. The monoisotopic (exact) mass is 1440 g/mol. The van der Waals surface area contributed by atoms with Crippen LogP contribution in [0, 0.1) is 0 Å². The lowest BCUT2D eigenvalue weighted by Gasteiger charge is -2.46. The van der Waals surface area contributed by atoms with Gasteiger partial charge in [0.2, 0.25) is 0 Å². The van der Waals surface area contributed by atoms with E-state index in [0.717, 1.165) is 106 Å². The lowest BCUT2D eigenvalue weighted by atomic mass is 9.33. The van der Waals surface area contributed by atoms with Gasteiger partial charge in [-0.2, -0.15) is 0 Å². The maximum Gasteiger partial charge on any atom is 0.252 e. The van der Waals surface area contributed by atoms with Gasteiger partial charge in [0.1, 0.15) is 0 Å². The first-order valence-corrected chi connectivity index (χ1v) is 39.7. The van der Waals surface area contributed by atoms with Crippen LogP contribution in [0.4, 0.5) is 34.1 Å². The third-order valence-electron chi connectivity index (χ3n) is 23.6. The number of rotatable bonds is 10. The molecule has 0 saturated carbocycles. The Morgan fingerprint density at radius 3 is 1.02 bits per heavy atom. The predicted molar refractivity (Wildman–Crippen MR) is 478 cm³/mol. The standard InChI is InChI=1S/C106H78BN3S/c1-105(2,3)75-61-86(67-32-12-7-13-33-67)103(87(62-75)68-34-14-8-15-35-68)109-94-58-72(73-52-55-81-80-44-28-31-51-98(80)111-99(81)60-73)53-56-90(94)107-91-57-54-74(101-84-47-24-22-45-82(84)100(71-40-20-11-21-41-71)83-46-23-25-48-85(83)101)59-95(91)110(97-66-77(65-96(109)102(97)107)108-92-49-29-26-42-78(92)79-43-27-30-50-93(79)108)104-88(69-36-16-9-17-37-69)63-76(106(4,5)6)64-89(104)70-38-18-10-19-39-70/h7-66H,1-6H3. The van der Waals surface area contributed by atoms with Gasteiger partial charge < -0.3 is 14.4 Å². The van der Waals surface area contributed by atoms with E-state index in [1.165, 1.54) is 102 Å². The van der Waals surface area contributed by atoms with Crippen molar-refractivity contribution in [2.45, 2.75) is 52.4 Å². The Morgan fingerprint density at radius 2 is 0.586 bits per heavy atom. The molecule has 2 aromatic heterocycles. The number of benzene rings is 17. The van der Waals surface area contributed by atoms with E-state index in [1.54, 1.807) is 0 Å². The Labute approximate surface area is 653 Å². The van der Waals surface area contributed by atoms with Gasteiger partial charge in [0, 0.05) is 75.9 Å². The highest BCUT2D eigenvalue weighted by Gasteiger charge is 2.46. The molecule has 17 aromatic carbocycles. The van der Waals surface area contributed by atoms with Gasteiger partial charge in [-0.05, 0) is 188 Å². The van der Waals surface area contributed by atoms with E-state index in [9.17, 15) is 0 Å². The highest BCUT2D eigenvalue weighted by atomic mass is 32.1. The maximum absolute atomic E-state index is 2.75. The average molecular weight is 1440 g/mol. The van der Waals surface area contributed by atoms with Crippen LogP contribution in [0.1, 0.15) is 52.7 Å². The van der Waals surface area contributed by atoms with Crippen LogP contribution in [0.5, 0.6) is 0 Å². The van der Waals surface area contributed by atoms with E-state index in [1.807, 2.05) is 11.3 Å². The summed E-state index contributed by atoms with van der Waals surface area (Å²) >= 11 is 1.88. The third-order valence-corrected chi connectivity index (χ3v) is 24.8. The van der Waals surface area contributed by atoms with Crippen LogP contribution in [-0.2, 0) is 10.8 Å². The molecule has 0 amide bonds. The van der Waals surface area contributed by atoms with Crippen LogP contribution in [-0.4, -0.2) is 11.3 Å². The highest BCUT2D eigenvalue weighted by molar-refractivity contribution is 7.25. The average Bonchev–Trinajstić information content (AvgIpc) is 1.68. The Morgan fingerprint density at radius 1 is 0.252 bits per heavy atom. The molecule has 5 heteroatoms. The minimum absolute atomic E-state index is 0.217. The largest absolute Gasteiger partial charge is 0.310 e. The van der Waals surface area contributed by atoms with Crippen molar-refractivity contribution in [1.82, 2.24) is 4.57 Å². The second-order valence-electron chi connectivity index (χ2n) is 32.2. The molecular weight excluding hydrogens is 1360 g/mol. The zero-order valence-corrected chi connectivity index (χ0v) is 63.8. The van der Waals surface area contributed by atoms with E-state index in [4.69, 9.17) is 0 Å². The summed E-state index contributed by atoms with van der Waals surface area (Å²) in [6.07, 6.45) is 0. The van der Waals surface area contributed by atoms with Gasteiger partial charge in [-0.3, -0.25) is 0 Å².